The van der Waals surface area contributed by atoms with Gasteiger partial charge in [0.15, 0.2) is 6.20 Å². The monoisotopic (exact) mass is 447 g/mol. The summed E-state index contributed by atoms with van der Waals surface area (Å²) in [5.74, 6) is 2.22. The number of hydrogen-bond donors (Lipinski definition) is 0. The zero-order chi connectivity index (χ0) is 22.9. The first-order valence-corrected chi connectivity index (χ1v) is 12.7. The number of aryl methyl sites for hydroxylation is 3. The molecule has 3 unspecified atom stereocenters. The van der Waals surface area contributed by atoms with Crippen LogP contribution in [0.5, 0.6) is 0 Å². The molecule has 2 saturated carbocycles. The van der Waals surface area contributed by atoms with E-state index >= 15 is 0 Å². The van der Waals surface area contributed by atoms with Crippen LogP contribution in [-0.2, 0) is 7.05 Å². The second kappa shape index (κ2) is 6.27. The molecule has 2 fully saturated rings. The van der Waals surface area contributed by atoms with Gasteiger partial charge in [0.1, 0.15) is 12.9 Å². The molecule has 0 saturated heterocycles. The molecule has 0 N–H and O–H groups in total. The van der Waals surface area contributed by atoms with Crippen molar-refractivity contribution in [2.45, 2.75) is 45.4 Å². The predicted molar refractivity (Wildman–Crippen MR) is 137 cm³/mol. The Labute approximate surface area is 197 Å². The maximum Gasteiger partial charge on any atom is 0.224 e. The summed E-state index contributed by atoms with van der Waals surface area (Å²) >= 11 is 0. The van der Waals surface area contributed by atoms with Gasteiger partial charge in [0, 0.05) is 16.8 Å². The average Bonchev–Trinajstić information content (AvgIpc) is 3.54. The van der Waals surface area contributed by atoms with Crippen LogP contribution in [0.1, 0.15) is 48.3 Å². The normalized spacial score (nSPS) is 22.5. The summed E-state index contributed by atoms with van der Waals surface area (Å²) < 4.78 is 19.3. The third kappa shape index (κ3) is 2.23. The van der Waals surface area contributed by atoms with Gasteiger partial charge in [0.2, 0.25) is 5.52 Å². The van der Waals surface area contributed by atoms with Crippen LogP contribution in [0.25, 0.3) is 49.0 Å². The molecule has 3 aromatic carbocycles. The summed E-state index contributed by atoms with van der Waals surface area (Å²) in [6, 6.07) is 14.8. The van der Waals surface area contributed by atoms with Gasteiger partial charge in [-0.05, 0) is 103 Å². The first kappa shape index (κ1) is 19.1. The van der Waals surface area contributed by atoms with E-state index in [4.69, 9.17) is 0 Å². The molecule has 3 heteroatoms. The number of rotatable bonds is 1. The Kier molecular flexibility index (Phi) is 3.53. The van der Waals surface area contributed by atoms with Gasteiger partial charge >= 0.3 is 0 Å². The molecular formula is C31H28FN2+. The fraction of sp³-hybridized carbons (Fsp3) is 0.323. The highest BCUT2D eigenvalue weighted by molar-refractivity contribution is 6.26. The first-order valence-electron chi connectivity index (χ1n) is 12.7. The lowest BCUT2D eigenvalue weighted by atomic mass is 9.82. The van der Waals surface area contributed by atoms with Gasteiger partial charge in [-0.2, -0.15) is 0 Å². The van der Waals surface area contributed by atoms with Crippen LogP contribution in [0, 0.1) is 31.5 Å². The Morgan fingerprint density at radius 2 is 1.79 bits per heavy atom. The van der Waals surface area contributed by atoms with Crippen molar-refractivity contribution in [3.63, 3.8) is 0 Å². The number of benzene rings is 3. The maximum atomic E-state index is 14.6. The number of hydrogen-bond acceptors (Lipinski definition) is 0. The van der Waals surface area contributed by atoms with Gasteiger partial charge in [-0.3, -0.25) is 0 Å². The van der Waals surface area contributed by atoms with Gasteiger partial charge in [-0.1, -0.05) is 12.5 Å². The van der Waals surface area contributed by atoms with E-state index in [1.807, 2.05) is 6.07 Å². The lowest BCUT2D eigenvalue weighted by molar-refractivity contribution is -0.643. The zero-order valence-corrected chi connectivity index (χ0v) is 20.0. The van der Waals surface area contributed by atoms with Crippen LogP contribution >= 0.6 is 0 Å². The molecule has 2 nitrogen and oxygen atoms in total. The minimum Gasteiger partial charge on any atom is -0.307 e. The summed E-state index contributed by atoms with van der Waals surface area (Å²) in [6.45, 7) is 4.44. The van der Waals surface area contributed by atoms with Gasteiger partial charge in [0.05, 0.1) is 27.3 Å². The summed E-state index contributed by atoms with van der Waals surface area (Å²) in [6.07, 6.45) is 7.74. The number of pyridine rings is 2. The van der Waals surface area contributed by atoms with Crippen LogP contribution in [0.15, 0.2) is 48.7 Å². The van der Waals surface area contributed by atoms with E-state index < -0.39 is 0 Å². The zero-order valence-electron chi connectivity index (χ0n) is 20.0. The number of nitrogens with zero attached hydrogens (tertiary/aromatic N) is 2. The summed E-state index contributed by atoms with van der Waals surface area (Å²) in [7, 11) is 2.16. The van der Waals surface area contributed by atoms with E-state index in [1.54, 1.807) is 12.1 Å². The minimum absolute atomic E-state index is 0.175. The molecule has 0 radical (unpaired) electrons. The van der Waals surface area contributed by atoms with E-state index in [9.17, 15) is 4.39 Å². The van der Waals surface area contributed by atoms with Gasteiger partial charge in [0.25, 0.3) is 0 Å². The van der Waals surface area contributed by atoms with Gasteiger partial charge in [-0.25, -0.2) is 8.96 Å². The summed E-state index contributed by atoms with van der Waals surface area (Å²) in [5, 5.41) is 6.25. The third-order valence-electron chi connectivity index (χ3n) is 9.42. The molecule has 3 heterocycles. The molecule has 8 rings (SSSR count). The van der Waals surface area contributed by atoms with Crippen LogP contribution in [0.4, 0.5) is 4.39 Å². The molecule has 168 valence electrons. The smallest absolute Gasteiger partial charge is 0.224 e. The van der Waals surface area contributed by atoms with Crippen molar-refractivity contribution < 1.29 is 8.96 Å². The topological polar surface area (TPSA) is 8.29 Å². The molecule has 2 aliphatic carbocycles. The van der Waals surface area contributed by atoms with Crippen molar-refractivity contribution in [3.8, 4) is 0 Å². The van der Waals surface area contributed by atoms with E-state index in [0.29, 0.717) is 5.92 Å². The van der Waals surface area contributed by atoms with E-state index in [2.05, 4.69) is 60.3 Å². The van der Waals surface area contributed by atoms with Crippen molar-refractivity contribution in [3.05, 3.63) is 71.2 Å². The molecule has 0 amide bonds. The summed E-state index contributed by atoms with van der Waals surface area (Å²) in [5.41, 5.74) is 8.78. The lowest BCUT2D eigenvalue weighted by Gasteiger charge is -2.23. The predicted octanol–water partition coefficient (Wildman–Crippen LogP) is 7.47. The third-order valence-corrected chi connectivity index (χ3v) is 9.42. The Morgan fingerprint density at radius 1 is 0.912 bits per heavy atom. The van der Waals surface area contributed by atoms with Crippen LogP contribution in [0.2, 0.25) is 0 Å². The largest absolute Gasteiger partial charge is 0.307 e. The van der Waals surface area contributed by atoms with Crippen molar-refractivity contribution in [2.75, 3.05) is 0 Å². The van der Waals surface area contributed by atoms with Crippen molar-refractivity contribution in [2.24, 2.45) is 18.9 Å². The molecule has 2 aliphatic rings. The molecular weight excluding hydrogens is 419 g/mol. The standard InChI is InChI=1S/C31H28FN2/c1-16-10-25-23-7-6-22(32)15-26(23)34-27-14-21(24-12-18-4-5-19(24)11-18)13-20-8-9-33(3)31(29(20)27)28(17(16)2)30(25)34/h6-10,13-15,18-19,24H,4-5,11-12H2,1-3H3/q+1. The lowest BCUT2D eigenvalue weighted by Crippen LogP contribution is -2.29. The molecule has 3 aromatic heterocycles. The van der Waals surface area contributed by atoms with E-state index in [0.717, 1.165) is 22.7 Å². The van der Waals surface area contributed by atoms with Crippen LogP contribution < -0.4 is 4.57 Å². The SMILES string of the molecule is Cc1cc2c3ccc(F)cc3n3c4cc(C5CC6CCC5C6)cc5cc[n+](C)c(c(c1C)c23)c54. The Balaban J connectivity index is 1.65. The quantitative estimate of drug-likeness (QED) is 0.140. The molecule has 6 aromatic rings. The summed E-state index contributed by atoms with van der Waals surface area (Å²) in [4.78, 5) is 0. The minimum atomic E-state index is -0.175. The molecule has 3 atom stereocenters. The fourth-order valence-corrected chi connectivity index (χ4v) is 7.77. The second-order valence-electron chi connectivity index (χ2n) is 11.1. The molecule has 2 bridgehead atoms. The number of aromatic nitrogens is 2. The number of halogens is 1. The average molecular weight is 448 g/mol. The van der Waals surface area contributed by atoms with E-state index in [-0.39, 0.29) is 5.82 Å². The molecule has 0 spiro atoms. The Bertz CT molecular complexity index is 1830. The molecule has 0 aliphatic heterocycles. The van der Waals surface area contributed by atoms with Crippen LogP contribution in [0.3, 0.4) is 0 Å². The first-order chi connectivity index (χ1) is 16.5. The van der Waals surface area contributed by atoms with Crippen LogP contribution in [-0.4, -0.2) is 4.40 Å². The highest BCUT2D eigenvalue weighted by atomic mass is 19.1. The fourth-order valence-electron chi connectivity index (χ4n) is 7.77. The maximum absolute atomic E-state index is 14.6. The van der Waals surface area contributed by atoms with Crippen molar-refractivity contribution in [1.82, 2.24) is 4.40 Å². The van der Waals surface area contributed by atoms with Crippen molar-refractivity contribution >= 4 is 49.0 Å². The number of fused-ring (bicyclic) bond motifs is 7. The highest BCUT2D eigenvalue weighted by Crippen LogP contribution is 2.53. The second-order valence-corrected chi connectivity index (χ2v) is 11.1. The highest BCUT2D eigenvalue weighted by Gasteiger charge is 2.40. The molecule has 34 heavy (non-hydrogen) atoms. The Hall–Kier alpha value is -3.20. The van der Waals surface area contributed by atoms with Gasteiger partial charge < -0.3 is 4.40 Å². The Morgan fingerprint density at radius 3 is 2.59 bits per heavy atom. The van der Waals surface area contributed by atoms with E-state index in [1.165, 1.54) is 80.5 Å². The van der Waals surface area contributed by atoms with Gasteiger partial charge in [-0.15, -0.1) is 0 Å². The van der Waals surface area contributed by atoms with Crippen molar-refractivity contribution in [1.29, 1.82) is 0 Å².